The second-order valence-electron chi connectivity index (χ2n) is 4.73. The number of aromatic nitrogens is 2. The maximum atomic E-state index is 4.33. The summed E-state index contributed by atoms with van der Waals surface area (Å²) in [6.45, 7) is 10.9. The molecule has 2 nitrogen and oxygen atoms in total. The summed E-state index contributed by atoms with van der Waals surface area (Å²) in [7, 11) is 0. The molecule has 0 bridgehead atoms. The van der Waals surface area contributed by atoms with E-state index in [-0.39, 0.29) is 5.41 Å². The van der Waals surface area contributed by atoms with Crippen LogP contribution < -0.4 is 0 Å². The van der Waals surface area contributed by atoms with Crippen LogP contribution >= 0.6 is 0 Å². The van der Waals surface area contributed by atoms with E-state index in [0.717, 1.165) is 0 Å². The second-order valence-corrected chi connectivity index (χ2v) is 4.73. The molecule has 0 aliphatic rings. The van der Waals surface area contributed by atoms with Crippen molar-refractivity contribution >= 4 is 0 Å². The van der Waals surface area contributed by atoms with Gasteiger partial charge in [0.15, 0.2) is 0 Å². The summed E-state index contributed by atoms with van der Waals surface area (Å²) < 4.78 is 0. The molecular formula is C11H18N2. The van der Waals surface area contributed by atoms with Gasteiger partial charge in [0.25, 0.3) is 0 Å². The molecule has 13 heavy (non-hydrogen) atoms. The first kappa shape index (κ1) is 10.2. The van der Waals surface area contributed by atoms with Crippen LogP contribution in [0.1, 0.15) is 51.8 Å². The monoisotopic (exact) mass is 178 g/mol. The van der Waals surface area contributed by atoms with Crippen LogP contribution in [-0.4, -0.2) is 9.97 Å². The van der Waals surface area contributed by atoms with E-state index in [1.54, 1.807) is 6.33 Å². The van der Waals surface area contributed by atoms with Gasteiger partial charge in [-0.05, 0) is 16.9 Å². The van der Waals surface area contributed by atoms with Crippen molar-refractivity contribution in [2.45, 2.75) is 46.0 Å². The lowest BCUT2D eigenvalue weighted by Gasteiger charge is -2.22. The quantitative estimate of drug-likeness (QED) is 0.660. The average Bonchev–Trinajstić information content (AvgIpc) is 2.03. The normalized spacial score (nSPS) is 12.2. The van der Waals surface area contributed by atoms with E-state index in [4.69, 9.17) is 0 Å². The van der Waals surface area contributed by atoms with Crippen LogP contribution in [0.25, 0.3) is 0 Å². The van der Waals surface area contributed by atoms with Crippen LogP contribution in [0.3, 0.4) is 0 Å². The fourth-order valence-corrected chi connectivity index (χ4v) is 1.38. The van der Waals surface area contributed by atoms with Crippen LogP contribution in [0.15, 0.2) is 12.5 Å². The Morgan fingerprint density at radius 3 is 2.23 bits per heavy atom. The van der Waals surface area contributed by atoms with E-state index in [0.29, 0.717) is 5.92 Å². The Morgan fingerprint density at radius 2 is 1.85 bits per heavy atom. The summed E-state index contributed by atoms with van der Waals surface area (Å²) in [4.78, 5) is 8.42. The van der Waals surface area contributed by atoms with Crippen LogP contribution in [0.2, 0.25) is 0 Å². The van der Waals surface area contributed by atoms with Gasteiger partial charge in [0.1, 0.15) is 6.33 Å². The molecule has 0 saturated carbocycles. The zero-order valence-electron chi connectivity index (χ0n) is 9.13. The predicted molar refractivity (Wildman–Crippen MR) is 54.8 cm³/mol. The summed E-state index contributed by atoms with van der Waals surface area (Å²) in [6.07, 6.45) is 3.56. The maximum Gasteiger partial charge on any atom is 0.115 e. The third-order valence-electron chi connectivity index (χ3n) is 2.10. The highest BCUT2D eigenvalue weighted by Crippen LogP contribution is 2.27. The standard InChI is InChI=1S/C11H18N2/c1-8(2)10-9(11(3,4)5)6-12-7-13-10/h6-8H,1-5H3. The van der Waals surface area contributed by atoms with E-state index in [1.807, 2.05) is 6.20 Å². The molecule has 0 aliphatic heterocycles. The van der Waals surface area contributed by atoms with Crippen molar-refractivity contribution in [3.05, 3.63) is 23.8 Å². The number of hydrogen-bond donors (Lipinski definition) is 0. The summed E-state index contributed by atoms with van der Waals surface area (Å²) >= 11 is 0. The van der Waals surface area contributed by atoms with E-state index in [9.17, 15) is 0 Å². The Kier molecular flexibility index (Phi) is 2.69. The summed E-state index contributed by atoms with van der Waals surface area (Å²) in [6, 6.07) is 0. The minimum atomic E-state index is 0.140. The highest BCUT2D eigenvalue weighted by Gasteiger charge is 2.20. The molecular weight excluding hydrogens is 160 g/mol. The van der Waals surface area contributed by atoms with Gasteiger partial charge in [0.2, 0.25) is 0 Å². The second kappa shape index (κ2) is 3.44. The first-order valence-electron chi connectivity index (χ1n) is 4.73. The Morgan fingerprint density at radius 1 is 1.23 bits per heavy atom. The predicted octanol–water partition coefficient (Wildman–Crippen LogP) is 2.90. The van der Waals surface area contributed by atoms with Gasteiger partial charge in [-0.1, -0.05) is 34.6 Å². The van der Waals surface area contributed by atoms with E-state index in [1.165, 1.54) is 11.3 Å². The number of hydrogen-bond acceptors (Lipinski definition) is 2. The Labute approximate surface area is 80.4 Å². The highest BCUT2D eigenvalue weighted by molar-refractivity contribution is 5.26. The van der Waals surface area contributed by atoms with Crippen molar-refractivity contribution in [1.82, 2.24) is 9.97 Å². The largest absolute Gasteiger partial charge is 0.244 e. The van der Waals surface area contributed by atoms with Gasteiger partial charge in [-0.3, -0.25) is 0 Å². The first-order chi connectivity index (χ1) is 5.93. The van der Waals surface area contributed by atoms with Gasteiger partial charge in [-0.15, -0.1) is 0 Å². The average molecular weight is 178 g/mol. The molecule has 1 heterocycles. The van der Waals surface area contributed by atoms with Crippen molar-refractivity contribution in [2.24, 2.45) is 0 Å². The van der Waals surface area contributed by atoms with Crippen molar-refractivity contribution in [2.75, 3.05) is 0 Å². The topological polar surface area (TPSA) is 25.8 Å². The molecule has 0 saturated heterocycles. The van der Waals surface area contributed by atoms with Gasteiger partial charge in [0, 0.05) is 11.9 Å². The maximum absolute atomic E-state index is 4.33. The van der Waals surface area contributed by atoms with E-state index >= 15 is 0 Å². The third-order valence-corrected chi connectivity index (χ3v) is 2.10. The van der Waals surface area contributed by atoms with Crippen LogP contribution in [0.4, 0.5) is 0 Å². The minimum Gasteiger partial charge on any atom is -0.244 e. The fourth-order valence-electron chi connectivity index (χ4n) is 1.38. The van der Waals surface area contributed by atoms with Crippen LogP contribution in [0, 0.1) is 0 Å². The molecule has 1 aromatic heterocycles. The van der Waals surface area contributed by atoms with Crippen molar-refractivity contribution in [1.29, 1.82) is 0 Å². The molecule has 0 unspecified atom stereocenters. The molecule has 1 aromatic rings. The Bertz CT molecular complexity index is 284. The molecule has 1 rings (SSSR count). The lowest BCUT2D eigenvalue weighted by Crippen LogP contribution is -2.16. The van der Waals surface area contributed by atoms with Gasteiger partial charge in [0.05, 0.1) is 0 Å². The molecule has 0 atom stereocenters. The molecule has 0 spiro atoms. The highest BCUT2D eigenvalue weighted by atomic mass is 14.8. The summed E-state index contributed by atoms with van der Waals surface area (Å²) in [5.74, 6) is 0.470. The number of rotatable bonds is 1. The molecule has 2 heteroatoms. The molecule has 72 valence electrons. The molecule has 0 fully saturated rings. The Balaban J connectivity index is 3.20. The molecule has 0 aromatic carbocycles. The van der Waals surface area contributed by atoms with Gasteiger partial charge < -0.3 is 0 Å². The molecule has 0 N–H and O–H groups in total. The van der Waals surface area contributed by atoms with E-state index in [2.05, 4.69) is 44.6 Å². The first-order valence-corrected chi connectivity index (χ1v) is 4.73. The molecule has 0 aliphatic carbocycles. The van der Waals surface area contributed by atoms with Crippen molar-refractivity contribution in [3.8, 4) is 0 Å². The van der Waals surface area contributed by atoms with Crippen molar-refractivity contribution in [3.63, 3.8) is 0 Å². The van der Waals surface area contributed by atoms with Gasteiger partial charge >= 0.3 is 0 Å². The van der Waals surface area contributed by atoms with Crippen molar-refractivity contribution < 1.29 is 0 Å². The SMILES string of the molecule is CC(C)c1ncncc1C(C)(C)C. The third kappa shape index (κ3) is 2.27. The zero-order valence-corrected chi connectivity index (χ0v) is 9.13. The summed E-state index contributed by atoms with van der Waals surface area (Å²) in [5.41, 5.74) is 2.56. The van der Waals surface area contributed by atoms with Gasteiger partial charge in [-0.25, -0.2) is 9.97 Å². The molecule has 0 radical (unpaired) electrons. The fraction of sp³-hybridized carbons (Fsp3) is 0.636. The number of nitrogens with zero attached hydrogens (tertiary/aromatic N) is 2. The van der Waals surface area contributed by atoms with Gasteiger partial charge in [-0.2, -0.15) is 0 Å². The zero-order chi connectivity index (χ0) is 10.1. The lowest BCUT2D eigenvalue weighted by molar-refractivity contribution is 0.566. The lowest BCUT2D eigenvalue weighted by atomic mass is 9.84. The summed E-state index contributed by atoms with van der Waals surface area (Å²) in [5, 5.41) is 0. The van der Waals surface area contributed by atoms with E-state index < -0.39 is 0 Å². The minimum absolute atomic E-state index is 0.140. The van der Waals surface area contributed by atoms with Crippen LogP contribution in [0.5, 0.6) is 0 Å². The molecule has 0 amide bonds. The Hall–Kier alpha value is -0.920. The smallest absolute Gasteiger partial charge is 0.115 e. The van der Waals surface area contributed by atoms with Crippen LogP contribution in [-0.2, 0) is 5.41 Å².